The number of aryl methyl sites for hydroxylation is 2. The maximum absolute atomic E-state index is 15.0. The third-order valence-corrected chi connectivity index (χ3v) is 5.99. The lowest BCUT2D eigenvalue weighted by Crippen LogP contribution is -2.15. The molecule has 0 radical (unpaired) electrons. The van der Waals surface area contributed by atoms with Gasteiger partial charge in [0.2, 0.25) is 5.88 Å². The first kappa shape index (κ1) is 24.0. The van der Waals surface area contributed by atoms with Crippen LogP contribution in [0.2, 0.25) is 0 Å². The molecule has 0 aliphatic heterocycles. The Bertz CT molecular complexity index is 1610. The van der Waals surface area contributed by atoms with Gasteiger partial charge < -0.3 is 25.5 Å². The van der Waals surface area contributed by atoms with E-state index in [2.05, 4.69) is 26.8 Å². The fourth-order valence-electron chi connectivity index (χ4n) is 4.28. The van der Waals surface area contributed by atoms with E-state index in [1.165, 1.54) is 18.5 Å². The molecule has 2 aromatic carbocycles. The summed E-state index contributed by atoms with van der Waals surface area (Å²) in [5, 5.41) is 13.1. The molecule has 37 heavy (non-hydrogen) atoms. The number of halogens is 1. The number of nitrogens with two attached hydrogens (primary N) is 1. The van der Waals surface area contributed by atoms with Crippen LogP contribution in [-0.2, 0) is 7.05 Å². The topological polar surface area (TPSA) is 111 Å². The number of nitrogens with one attached hydrogen (secondary N) is 1. The van der Waals surface area contributed by atoms with Gasteiger partial charge in [0, 0.05) is 29.9 Å². The Hall–Kier alpha value is -4.76. The van der Waals surface area contributed by atoms with Crippen LogP contribution in [-0.4, -0.2) is 30.9 Å². The summed E-state index contributed by atoms with van der Waals surface area (Å²) < 4.78 is 22.8. The number of aromatic nitrogens is 4. The molecule has 5 aromatic rings. The van der Waals surface area contributed by atoms with Crippen LogP contribution >= 0.6 is 0 Å². The van der Waals surface area contributed by atoms with Crippen LogP contribution in [0.1, 0.15) is 5.69 Å². The molecule has 0 fully saturated rings. The van der Waals surface area contributed by atoms with Crippen molar-refractivity contribution in [3.05, 3.63) is 91.2 Å². The summed E-state index contributed by atoms with van der Waals surface area (Å²) in [6.45, 7) is 5.40. The van der Waals surface area contributed by atoms with Gasteiger partial charge in [0.05, 0.1) is 16.8 Å². The smallest absolute Gasteiger partial charge is 0.219 e. The highest BCUT2D eigenvalue weighted by Crippen LogP contribution is 2.42. The normalized spacial score (nSPS) is 11.9. The monoisotopic (exact) mass is 496 g/mol. The molecule has 5 rings (SSSR count). The van der Waals surface area contributed by atoms with Crippen molar-refractivity contribution in [2.45, 2.75) is 13.2 Å². The van der Waals surface area contributed by atoms with Gasteiger partial charge in [-0.15, -0.1) is 0 Å². The summed E-state index contributed by atoms with van der Waals surface area (Å²) in [5.41, 5.74) is 10.9. The first-order valence-corrected chi connectivity index (χ1v) is 11.5. The molecule has 0 saturated carbocycles. The van der Waals surface area contributed by atoms with Crippen molar-refractivity contribution in [2.75, 3.05) is 11.1 Å². The van der Waals surface area contributed by atoms with Gasteiger partial charge in [-0.3, -0.25) is 0 Å². The number of ether oxygens (including phenoxy) is 1. The van der Waals surface area contributed by atoms with Crippen molar-refractivity contribution >= 4 is 22.5 Å². The fourth-order valence-corrected chi connectivity index (χ4v) is 4.28. The number of nitrogen functional groups attached to an aromatic ring is 1. The average molecular weight is 497 g/mol. The first-order chi connectivity index (χ1) is 17.9. The largest absolute Gasteiger partial charge is 0.439 e. The molecule has 4 N–H and O–H groups in total. The fraction of sp³-hybridized carbons (Fsp3) is 0.107. The maximum Gasteiger partial charge on any atom is 0.219 e. The molecular formula is C28H25FN6O2. The van der Waals surface area contributed by atoms with E-state index in [0.29, 0.717) is 39.7 Å². The lowest BCUT2D eigenvalue weighted by atomic mass is 9.98. The third kappa shape index (κ3) is 4.60. The lowest BCUT2D eigenvalue weighted by molar-refractivity contribution is 0.252. The van der Waals surface area contributed by atoms with Crippen LogP contribution in [0.3, 0.4) is 0 Å². The standard InChI is InChI=1S/C28H25FN6O2/c1-4-22(36)34-21-13-10-18(14-20(21)29)26-24(25-27(30)31-15-32-28(25)35(26)3)17-8-11-19(12-9-17)37-23-7-5-6-16(2)33-23/h4-15,22,34,36H,1H2,2-3H3,(H2,30,31,32). The highest BCUT2D eigenvalue weighted by atomic mass is 19.1. The molecule has 0 amide bonds. The van der Waals surface area contributed by atoms with Crippen molar-refractivity contribution in [3.63, 3.8) is 0 Å². The van der Waals surface area contributed by atoms with Crippen LogP contribution in [0.25, 0.3) is 33.4 Å². The van der Waals surface area contributed by atoms with Crippen LogP contribution in [0.4, 0.5) is 15.9 Å². The summed E-state index contributed by atoms with van der Waals surface area (Å²) in [6.07, 6.45) is 1.61. The molecular weight excluding hydrogens is 471 g/mol. The van der Waals surface area contributed by atoms with Crippen LogP contribution in [0.5, 0.6) is 11.6 Å². The highest BCUT2D eigenvalue weighted by Gasteiger charge is 2.22. The summed E-state index contributed by atoms with van der Waals surface area (Å²) in [5.74, 6) is 0.916. The lowest BCUT2D eigenvalue weighted by Gasteiger charge is -2.14. The van der Waals surface area contributed by atoms with Gasteiger partial charge in [-0.05, 0) is 48.9 Å². The minimum Gasteiger partial charge on any atom is -0.439 e. The number of nitrogens with zero attached hydrogens (tertiary/aromatic N) is 4. The predicted octanol–water partition coefficient (Wildman–Crippen LogP) is 5.44. The number of pyridine rings is 1. The SMILES string of the molecule is C=CC(O)Nc1ccc(-c2c(-c3ccc(Oc4cccc(C)n4)cc3)c3c(N)ncnc3n2C)cc1F. The van der Waals surface area contributed by atoms with Gasteiger partial charge in [-0.1, -0.05) is 30.8 Å². The van der Waals surface area contributed by atoms with E-state index >= 15 is 4.39 Å². The second kappa shape index (κ2) is 9.71. The van der Waals surface area contributed by atoms with Gasteiger partial charge >= 0.3 is 0 Å². The van der Waals surface area contributed by atoms with Gasteiger partial charge in [0.15, 0.2) is 0 Å². The van der Waals surface area contributed by atoms with E-state index in [1.807, 2.05) is 54.9 Å². The molecule has 186 valence electrons. The van der Waals surface area contributed by atoms with Gasteiger partial charge in [0.1, 0.15) is 35.6 Å². The van der Waals surface area contributed by atoms with Crippen LogP contribution in [0.15, 0.2) is 79.6 Å². The first-order valence-electron chi connectivity index (χ1n) is 11.5. The Morgan fingerprint density at radius 3 is 2.57 bits per heavy atom. The Morgan fingerprint density at radius 2 is 1.86 bits per heavy atom. The quantitative estimate of drug-likeness (QED) is 0.203. The molecule has 3 heterocycles. The van der Waals surface area contributed by atoms with Crippen LogP contribution in [0, 0.1) is 12.7 Å². The second-order valence-electron chi connectivity index (χ2n) is 8.50. The molecule has 0 aliphatic carbocycles. The molecule has 0 bridgehead atoms. The van der Waals surface area contributed by atoms with Crippen LogP contribution < -0.4 is 15.8 Å². The third-order valence-electron chi connectivity index (χ3n) is 5.99. The zero-order chi connectivity index (χ0) is 26.1. The second-order valence-corrected chi connectivity index (χ2v) is 8.50. The van der Waals surface area contributed by atoms with E-state index in [1.54, 1.807) is 18.2 Å². The number of hydrogen-bond acceptors (Lipinski definition) is 7. The summed E-state index contributed by atoms with van der Waals surface area (Å²) in [7, 11) is 1.85. The number of fused-ring (bicyclic) bond motifs is 1. The number of rotatable bonds is 7. The molecule has 1 unspecified atom stereocenters. The minimum absolute atomic E-state index is 0.155. The number of aliphatic hydroxyl groups excluding tert-OH is 1. The van der Waals surface area contributed by atoms with E-state index in [9.17, 15) is 5.11 Å². The van der Waals surface area contributed by atoms with E-state index < -0.39 is 12.0 Å². The Kier molecular flexibility index (Phi) is 6.29. The summed E-state index contributed by atoms with van der Waals surface area (Å²) >= 11 is 0. The molecule has 3 aromatic heterocycles. The van der Waals surface area contributed by atoms with Gasteiger partial charge in [-0.25, -0.2) is 19.3 Å². The number of benzene rings is 2. The zero-order valence-corrected chi connectivity index (χ0v) is 20.3. The summed E-state index contributed by atoms with van der Waals surface area (Å²) in [6, 6.07) is 17.8. The maximum atomic E-state index is 15.0. The Labute approximate surface area is 212 Å². The van der Waals surface area contributed by atoms with E-state index in [4.69, 9.17) is 10.5 Å². The zero-order valence-electron chi connectivity index (χ0n) is 20.3. The number of aliphatic hydroxyl groups is 1. The molecule has 0 spiro atoms. The molecule has 0 saturated heterocycles. The number of hydrogen-bond donors (Lipinski definition) is 3. The van der Waals surface area contributed by atoms with Gasteiger partial charge in [0.25, 0.3) is 0 Å². The minimum atomic E-state index is -1.07. The Balaban J connectivity index is 1.61. The van der Waals surface area contributed by atoms with Gasteiger partial charge in [-0.2, -0.15) is 0 Å². The van der Waals surface area contributed by atoms with Crippen molar-refractivity contribution in [2.24, 2.45) is 7.05 Å². The van der Waals surface area contributed by atoms with E-state index in [0.717, 1.165) is 16.8 Å². The Morgan fingerprint density at radius 1 is 1.11 bits per heavy atom. The average Bonchev–Trinajstić information content (AvgIpc) is 3.19. The number of anilines is 2. The predicted molar refractivity (Wildman–Crippen MR) is 143 cm³/mol. The highest BCUT2D eigenvalue weighted by molar-refractivity contribution is 6.07. The molecule has 8 nitrogen and oxygen atoms in total. The summed E-state index contributed by atoms with van der Waals surface area (Å²) in [4.78, 5) is 13.0. The van der Waals surface area contributed by atoms with E-state index in [-0.39, 0.29) is 5.69 Å². The molecule has 0 aliphatic rings. The van der Waals surface area contributed by atoms with Crippen molar-refractivity contribution in [1.82, 2.24) is 19.5 Å². The molecule has 1 atom stereocenters. The van der Waals surface area contributed by atoms with Crippen molar-refractivity contribution in [3.8, 4) is 34.0 Å². The van der Waals surface area contributed by atoms with Crippen molar-refractivity contribution in [1.29, 1.82) is 0 Å². The van der Waals surface area contributed by atoms with Crippen molar-refractivity contribution < 1.29 is 14.2 Å². The molecule has 9 heteroatoms.